The predicted molar refractivity (Wildman–Crippen MR) is 79.7 cm³/mol. The monoisotopic (exact) mass is 255 g/mol. The van der Waals surface area contributed by atoms with Crippen molar-refractivity contribution in [3.05, 3.63) is 29.6 Å². The van der Waals surface area contributed by atoms with Gasteiger partial charge in [0.1, 0.15) is 12.1 Å². The Hall–Kier alpha value is -1.64. The van der Waals surface area contributed by atoms with Crippen LogP contribution in [0, 0.1) is 13.8 Å². The van der Waals surface area contributed by atoms with Gasteiger partial charge >= 0.3 is 0 Å². The lowest BCUT2D eigenvalue weighted by Gasteiger charge is -2.22. The average Bonchev–Trinajstić information content (AvgIpc) is 2.68. The Balaban J connectivity index is 2.09. The van der Waals surface area contributed by atoms with E-state index in [1.54, 1.807) is 6.33 Å². The van der Waals surface area contributed by atoms with E-state index < -0.39 is 0 Å². The van der Waals surface area contributed by atoms with E-state index in [1.807, 2.05) is 0 Å². The number of benzene rings is 1. The molecule has 0 atom stereocenters. The summed E-state index contributed by atoms with van der Waals surface area (Å²) in [6.45, 7) is 6.55. The van der Waals surface area contributed by atoms with Crippen molar-refractivity contribution in [3.63, 3.8) is 0 Å². The number of hydrogen-bond acceptors (Lipinski definition) is 3. The molecule has 0 aliphatic carbocycles. The lowest BCUT2D eigenvalue weighted by molar-refractivity contribution is 0.726. The molecule has 1 fully saturated rings. The topological polar surface area (TPSA) is 29.0 Å². The van der Waals surface area contributed by atoms with E-state index in [9.17, 15) is 0 Å². The third-order valence-corrected chi connectivity index (χ3v) is 4.14. The highest BCUT2D eigenvalue weighted by Gasteiger charge is 2.14. The van der Waals surface area contributed by atoms with Crippen LogP contribution in [-0.4, -0.2) is 23.1 Å². The minimum Gasteiger partial charge on any atom is -0.356 e. The van der Waals surface area contributed by atoms with Crippen LogP contribution in [-0.2, 0) is 0 Å². The molecule has 1 saturated heterocycles. The van der Waals surface area contributed by atoms with E-state index in [-0.39, 0.29) is 0 Å². The second kappa shape index (κ2) is 5.16. The zero-order valence-electron chi connectivity index (χ0n) is 11.8. The molecule has 1 aromatic carbocycles. The van der Waals surface area contributed by atoms with Crippen molar-refractivity contribution in [2.45, 2.75) is 39.5 Å². The molecule has 0 spiro atoms. The van der Waals surface area contributed by atoms with Crippen molar-refractivity contribution >= 4 is 16.7 Å². The zero-order chi connectivity index (χ0) is 13.2. The minimum atomic E-state index is 1.07. The average molecular weight is 255 g/mol. The van der Waals surface area contributed by atoms with Crippen LogP contribution >= 0.6 is 0 Å². The quantitative estimate of drug-likeness (QED) is 0.779. The van der Waals surface area contributed by atoms with Crippen LogP contribution in [0.5, 0.6) is 0 Å². The highest BCUT2D eigenvalue weighted by molar-refractivity contribution is 5.90. The number of nitrogens with zero attached hydrogens (tertiary/aromatic N) is 3. The Morgan fingerprint density at radius 3 is 2.32 bits per heavy atom. The predicted octanol–water partition coefficient (Wildman–Crippen LogP) is 3.63. The van der Waals surface area contributed by atoms with E-state index in [0.29, 0.717) is 0 Å². The van der Waals surface area contributed by atoms with Gasteiger partial charge < -0.3 is 4.90 Å². The molecule has 0 N–H and O–H groups in total. The summed E-state index contributed by atoms with van der Waals surface area (Å²) in [5.74, 6) is 1.12. The fraction of sp³-hybridized carbons (Fsp3) is 0.500. The smallest absolute Gasteiger partial charge is 0.139 e. The minimum absolute atomic E-state index is 1.07. The van der Waals surface area contributed by atoms with Crippen LogP contribution in [0.3, 0.4) is 0 Å². The molecule has 1 aromatic heterocycles. The maximum absolute atomic E-state index is 4.56. The third-order valence-electron chi connectivity index (χ3n) is 4.14. The maximum atomic E-state index is 4.56. The van der Waals surface area contributed by atoms with E-state index in [1.165, 1.54) is 42.2 Å². The van der Waals surface area contributed by atoms with Crippen LogP contribution < -0.4 is 4.90 Å². The number of anilines is 1. The fourth-order valence-electron chi connectivity index (χ4n) is 2.84. The summed E-state index contributed by atoms with van der Waals surface area (Å²) in [5, 5.41) is 1.20. The molecule has 0 saturated carbocycles. The van der Waals surface area contributed by atoms with Crippen LogP contribution in [0.25, 0.3) is 10.9 Å². The number of fused-ring (bicyclic) bond motifs is 1. The first-order valence-corrected chi connectivity index (χ1v) is 7.22. The summed E-state index contributed by atoms with van der Waals surface area (Å²) in [6, 6.07) is 4.42. The normalized spacial score (nSPS) is 16.6. The number of rotatable bonds is 1. The molecule has 19 heavy (non-hydrogen) atoms. The molecular weight excluding hydrogens is 234 g/mol. The van der Waals surface area contributed by atoms with Gasteiger partial charge in [0.2, 0.25) is 0 Å². The SMILES string of the molecule is Cc1cc2ncnc(N3CCCCCC3)c2cc1C. The van der Waals surface area contributed by atoms with Crippen molar-refractivity contribution in [1.29, 1.82) is 0 Å². The van der Waals surface area contributed by atoms with Crippen molar-refractivity contribution < 1.29 is 0 Å². The molecule has 0 radical (unpaired) electrons. The van der Waals surface area contributed by atoms with Crippen molar-refractivity contribution in [2.75, 3.05) is 18.0 Å². The van der Waals surface area contributed by atoms with Gasteiger partial charge in [-0.2, -0.15) is 0 Å². The molecule has 1 aliphatic rings. The van der Waals surface area contributed by atoms with E-state index in [4.69, 9.17) is 0 Å². The molecule has 2 aromatic rings. The summed E-state index contributed by atoms with van der Waals surface area (Å²) in [6.07, 6.45) is 6.94. The fourth-order valence-corrected chi connectivity index (χ4v) is 2.84. The van der Waals surface area contributed by atoms with Gasteiger partial charge in [-0.15, -0.1) is 0 Å². The van der Waals surface area contributed by atoms with Gasteiger partial charge in [-0.3, -0.25) is 0 Å². The van der Waals surface area contributed by atoms with Gasteiger partial charge in [-0.25, -0.2) is 9.97 Å². The Morgan fingerprint density at radius 1 is 0.895 bits per heavy atom. The van der Waals surface area contributed by atoms with Crippen LogP contribution in [0.15, 0.2) is 18.5 Å². The van der Waals surface area contributed by atoms with Gasteiger partial charge in [0.05, 0.1) is 5.52 Å². The van der Waals surface area contributed by atoms with E-state index in [0.717, 1.165) is 24.4 Å². The van der Waals surface area contributed by atoms with E-state index >= 15 is 0 Å². The van der Waals surface area contributed by atoms with Crippen LogP contribution in [0.1, 0.15) is 36.8 Å². The van der Waals surface area contributed by atoms with Crippen LogP contribution in [0.2, 0.25) is 0 Å². The summed E-state index contributed by atoms with van der Waals surface area (Å²) in [4.78, 5) is 11.4. The summed E-state index contributed by atoms with van der Waals surface area (Å²) < 4.78 is 0. The first kappa shape index (κ1) is 12.4. The van der Waals surface area contributed by atoms with Crippen LogP contribution in [0.4, 0.5) is 5.82 Å². The van der Waals surface area contributed by atoms with Crippen molar-refractivity contribution in [2.24, 2.45) is 0 Å². The van der Waals surface area contributed by atoms with Crippen molar-refractivity contribution in [1.82, 2.24) is 9.97 Å². The van der Waals surface area contributed by atoms with Gasteiger partial charge in [0, 0.05) is 18.5 Å². The molecule has 2 heterocycles. The maximum Gasteiger partial charge on any atom is 0.139 e. The van der Waals surface area contributed by atoms with E-state index in [2.05, 4.69) is 40.8 Å². The van der Waals surface area contributed by atoms with Gasteiger partial charge in [-0.1, -0.05) is 12.8 Å². The summed E-state index contributed by atoms with van der Waals surface area (Å²) >= 11 is 0. The molecule has 0 bridgehead atoms. The lowest BCUT2D eigenvalue weighted by atomic mass is 10.1. The molecular formula is C16H21N3. The second-order valence-electron chi connectivity index (χ2n) is 5.55. The lowest BCUT2D eigenvalue weighted by Crippen LogP contribution is -2.25. The second-order valence-corrected chi connectivity index (χ2v) is 5.55. The highest BCUT2D eigenvalue weighted by Crippen LogP contribution is 2.27. The largest absolute Gasteiger partial charge is 0.356 e. The molecule has 3 nitrogen and oxygen atoms in total. The first-order valence-electron chi connectivity index (χ1n) is 7.22. The molecule has 100 valence electrons. The third kappa shape index (κ3) is 2.42. The Kier molecular flexibility index (Phi) is 3.36. The van der Waals surface area contributed by atoms with Crippen molar-refractivity contribution in [3.8, 4) is 0 Å². The first-order chi connectivity index (χ1) is 9.25. The Morgan fingerprint density at radius 2 is 1.58 bits per heavy atom. The standard InChI is InChI=1S/C16H21N3/c1-12-9-14-15(10-13(12)2)17-11-18-16(14)19-7-5-3-4-6-8-19/h9-11H,3-8H2,1-2H3. The Bertz CT molecular complexity index is 584. The Labute approximate surface area is 114 Å². The number of aryl methyl sites for hydroxylation is 2. The summed E-state index contributed by atoms with van der Waals surface area (Å²) in [7, 11) is 0. The number of aromatic nitrogens is 2. The zero-order valence-corrected chi connectivity index (χ0v) is 11.8. The number of hydrogen-bond donors (Lipinski definition) is 0. The van der Waals surface area contributed by atoms with Gasteiger partial charge in [-0.05, 0) is 49.9 Å². The van der Waals surface area contributed by atoms with Gasteiger partial charge in [0.15, 0.2) is 0 Å². The molecule has 1 aliphatic heterocycles. The molecule has 0 unspecified atom stereocenters. The summed E-state index contributed by atoms with van der Waals surface area (Å²) in [5.41, 5.74) is 3.68. The molecule has 3 heteroatoms. The molecule has 0 amide bonds. The highest BCUT2D eigenvalue weighted by atomic mass is 15.2. The van der Waals surface area contributed by atoms with Gasteiger partial charge in [0.25, 0.3) is 0 Å². The molecule has 3 rings (SSSR count).